The fourth-order valence-corrected chi connectivity index (χ4v) is 2.59. The molecule has 0 amide bonds. The van der Waals surface area contributed by atoms with Crippen LogP contribution in [0.1, 0.15) is 19.4 Å². The average Bonchev–Trinajstić information content (AvgIpc) is 3.09. The zero-order valence-electron chi connectivity index (χ0n) is 11.3. The van der Waals surface area contributed by atoms with Crippen molar-refractivity contribution >= 4 is 22.8 Å². The Morgan fingerprint density at radius 3 is 2.86 bits per heavy atom. The molecule has 0 saturated carbocycles. The Hall–Kier alpha value is -2.12. The van der Waals surface area contributed by atoms with Gasteiger partial charge in [-0.25, -0.2) is 9.67 Å². The van der Waals surface area contributed by atoms with Gasteiger partial charge in [-0.3, -0.25) is 4.57 Å². The van der Waals surface area contributed by atoms with Crippen LogP contribution < -0.4 is 0 Å². The molecule has 0 saturated heterocycles. The number of aliphatic hydroxyl groups is 1. The highest BCUT2D eigenvalue weighted by Crippen LogP contribution is 2.33. The van der Waals surface area contributed by atoms with Crippen LogP contribution >= 0.6 is 11.6 Å². The first kappa shape index (κ1) is 13.8. The largest absolute Gasteiger partial charge is 0.480 e. The molecular formula is C13H14ClN5O2. The highest BCUT2D eigenvalue weighted by Gasteiger charge is 2.23. The minimum absolute atomic E-state index is 0.124. The molecule has 21 heavy (non-hydrogen) atoms. The molecule has 3 aromatic rings. The van der Waals surface area contributed by atoms with E-state index in [9.17, 15) is 10.2 Å². The highest BCUT2D eigenvalue weighted by atomic mass is 35.5. The van der Waals surface area contributed by atoms with Crippen LogP contribution in [-0.2, 0) is 0 Å². The van der Waals surface area contributed by atoms with Gasteiger partial charge in [0.2, 0.25) is 0 Å². The maximum absolute atomic E-state index is 10.1. The van der Waals surface area contributed by atoms with E-state index >= 15 is 0 Å². The van der Waals surface area contributed by atoms with E-state index in [0.717, 1.165) is 0 Å². The summed E-state index contributed by atoms with van der Waals surface area (Å²) in [5.41, 5.74) is 1.48. The van der Waals surface area contributed by atoms with Gasteiger partial charge in [-0.2, -0.15) is 10.1 Å². The Balaban J connectivity index is 2.38. The summed E-state index contributed by atoms with van der Waals surface area (Å²) in [4.78, 5) is 8.18. The molecule has 3 aromatic heterocycles. The van der Waals surface area contributed by atoms with Crippen molar-refractivity contribution in [1.82, 2.24) is 24.3 Å². The second-order valence-corrected chi connectivity index (χ2v) is 5.01. The number of nitrogens with zero attached hydrogens (tertiary/aromatic N) is 5. The minimum Gasteiger partial charge on any atom is -0.480 e. The number of aromatic nitrogens is 5. The quantitative estimate of drug-likeness (QED) is 0.768. The average molecular weight is 308 g/mol. The van der Waals surface area contributed by atoms with Gasteiger partial charge in [0.1, 0.15) is 11.2 Å². The zero-order chi connectivity index (χ0) is 15.0. The van der Waals surface area contributed by atoms with Crippen molar-refractivity contribution in [3.63, 3.8) is 0 Å². The van der Waals surface area contributed by atoms with Gasteiger partial charge in [0, 0.05) is 12.4 Å². The molecule has 0 radical (unpaired) electrons. The van der Waals surface area contributed by atoms with Gasteiger partial charge in [-0.05, 0) is 12.5 Å². The third-order valence-corrected chi connectivity index (χ3v) is 3.68. The summed E-state index contributed by atoms with van der Waals surface area (Å²) in [7, 11) is 0. The topological polar surface area (TPSA) is 89.0 Å². The molecule has 3 heterocycles. The van der Waals surface area contributed by atoms with Crippen LogP contribution in [0.15, 0.2) is 24.7 Å². The highest BCUT2D eigenvalue weighted by molar-refractivity contribution is 6.33. The van der Waals surface area contributed by atoms with Crippen molar-refractivity contribution in [2.45, 2.75) is 19.4 Å². The molecule has 0 aliphatic heterocycles. The number of rotatable bonds is 4. The summed E-state index contributed by atoms with van der Waals surface area (Å²) >= 11 is 6.26. The zero-order valence-corrected chi connectivity index (χ0v) is 12.1. The van der Waals surface area contributed by atoms with E-state index in [0.29, 0.717) is 28.3 Å². The van der Waals surface area contributed by atoms with E-state index in [1.807, 2.05) is 6.92 Å². The molecule has 8 heteroatoms. The summed E-state index contributed by atoms with van der Waals surface area (Å²) in [5, 5.41) is 24.2. The van der Waals surface area contributed by atoms with Gasteiger partial charge in [-0.15, -0.1) is 0 Å². The van der Waals surface area contributed by atoms with Crippen LogP contribution in [0, 0.1) is 0 Å². The number of aromatic hydroxyl groups is 1. The van der Waals surface area contributed by atoms with Crippen molar-refractivity contribution in [2.24, 2.45) is 0 Å². The first-order chi connectivity index (χ1) is 10.2. The van der Waals surface area contributed by atoms with E-state index < -0.39 is 0 Å². The minimum atomic E-state index is -0.315. The lowest BCUT2D eigenvalue weighted by atomic mass is 10.2. The standard InChI is InChI=1S/C13H14ClN5O2/c1-2-8(7-20)19-11-10(18-5-3-4-16-18)9(14)6-15-12(11)17-13(19)21/h3-6,8,20H,2,7H2,1H3,(H,15,17,21)/t8-/m0/s1. The van der Waals surface area contributed by atoms with E-state index in [4.69, 9.17) is 11.6 Å². The van der Waals surface area contributed by atoms with Crippen LogP contribution in [0.4, 0.5) is 0 Å². The van der Waals surface area contributed by atoms with E-state index in [1.165, 1.54) is 6.20 Å². The number of fused-ring (bicyclic) bond motifs is 1. The molecule has 3 rings (SSSR count). The second-order valence-electron chi connectivity index (χ2n) is 4.60. The fraction of sp³-hybridized carbons (Fsp3) is 0.308. The van der Waals surface area contributed by atoms with Crippen LogP contribution in [0.25, 0.3) is 16.9 Å². The SMILES string of the molecule is CC[C@@H](CO)n1c(O)nc2ncc(Cl)c(-n3cccn3)c21. The van der Waals surface area contributed by atoms with Gasteiger partial charge >= 0.3 is 0 Å². The molecule has 110 valence electrons. The van der Waals surface area contributed by atoms with Crippen molar-refractivity contribution in [2.75, 3.05) is 6.61 Å². The molecule has 0 bridgehead atoms. The van der Waals surface area contributed by atoms with Crippen LogP contribution in [0.3, 0.4) is 0 Å². The Bertz CT molecular complexity index is 765. The van der Waals surface area contributed by atoms with Crippen LogP contribution in [-0.4, -0.2) is 41.1 Å². The fourth-order valence-electron chi connectivity index (χ4n) is 2.37. The Labute approximate surface area is 125 Å². The normalized spacial score (nSPS) is 12.9. The van der Waals surface area contributed by atoms with Gasteiger partial charge in [0.05, 0.1) is 23.9 Å². The monoisotopic (exact) mass is 307 g/mol. The number of imidazole rings is 1. The molecule has 2 N–H and O–H groups in total. The van der Waals surface area contributed by atoms with Crippen molar-refractivity contribution in [3.8, 4) is 11.7 Å². The van der Waals surface area contributed by atoms with Gasteiger partial charge in [-0.1, -0.05) is 18.5 Å². The lowest BCUT2D eigenvalue weighted by Crippen LogP contribution is -2.13. The lowest BCUT2D eigenvalue weighted by Gasteiger charge is -2.17. The first-order valence-corrected chi connectivity index (χ1v) is 6.91. The summed E-state index contributed by atoms with van der Waals surface area (Å²) in [5.74, 6) is 0. The number of pyridine rings is 1. The van der Waals surface area contributed by atoms with Gasteiger partial charge < -0.3 is 10.2 Å². The number of hydrogen-bond donors (Lipinski definition) is 2. The Morgan fingerprint density at radius 2 is 2.24 bits per heavy atom. The Kier molecular flexibility index (Phi) is 3.52. The molecule has 1 atom stereocenters. The van der Waals surface area contributed by atoms with Gasteiger partial charge in [0.15, 0.2) is 5.65 Å². The van der Waals surface area contributed by atoms with Crippen molar-refractivity contribution < 1.29 is 10.2 Å². The smallest absolute Gasteiger partial charge is 0.296 e. The van der Waals surface area contributed by atoms with E-state index in [-0.39, 0.29) is 18.7 Å². The summed E-state index contributed by atoms with van der Waals surface area (Å²) in [6, 6.07) is 1.26. The Morgan fingerprint density at radius 1 is 1.43 bits per heavy atom. The molecule has 0 aromatic carbocycles. The molecule has 7 nitrogen and oxygen atoms in total. The van der Waals surface area contributed by atoms with E-state index in [2.05, 4.69) is 15.1 Å². The molecular weight excluding hydrogens is 294 g/mol. The van der Waals surface area contributed by atoms with E-state index in [1.54, 1.807) is 27.7 Å². The molecule has 0 aliphatic rings. The van der Waals surface area contributed by atoms with Gasteiger partial charge in [0.25, 0.3) is 6.01 Å². The predicted octanol–water partition coefficient (Wildman–Crippen LogP) is 1.92. The summed E-state index contributed by atoms with van der Waals surface area (Å²) < 4.78 is 3.14. The number of hydrogen-bond acceptors (Lipinski definition) is 5. The molecule has 0 fully saturated rings. The first-order valence-electron chi connectivity index (χ1n) is 6.53. The molecule has 0 aliphatic carbocycles. The van der Waals surface area contributed by atoms with Crippen molar-refractivity contribution in [1.29, 1.82) is 0 Å². The third kappa shape index (κ3) is 2.14. The third-order valence-electron chi connectivity index (χ3n) is 3.41. The number of halogens is 1. The maximum atomic E-state index is 10.1. The molecule has 0 unspecified atom stereocenters. The maximum Gasteiger partial charge on any atom is 0.296 e. The second kappa shape index (κ2) is 5.34. The van der Waals surface area contributed by atoms with Crippen LogP contribution in [0.2, 0.25) is 5.02 Å². The summed E-state index contributed by atoms with van der Waals surface area (Å²) in [6.07, 6.45) is 5.47. The van der Waals surface area contributed by atoms with Crippen LogP contribution in [0.5, 0.6) is 6.01 Å². The predicted molar refractivity (Wildman–Crippen MR) is 77.7 cm³/mol. The number of aliphatic hydroxyl groups excluding tert-OH is 1. The van der Waals surface area contributed by atoms with Crippen molar-refractivity contribution in [3.05, 3.63) is 29.7 Å². The summed E-state index contributed by atoms with van der Waals surface area (Å²) in [6.45, 7) is 1.79. The lowest BCUT2D eigenvalue weighted by molar-refractivity contribution is 0.216. The molecule has 0 spiro atoms.